The van der Waals surface area contributed by atoms with E-state index in [4.69, 9.17) is 15.5 Å². The minimum atomic E-state index is 0.208. The maximum absolute atomic E-state index is 6.35. The van der Waals surface area contributed by atoms with E-state index in [-0.39, 0.29) is 6.04 Å². The van der Waals surface area contributed by atoms with Crippen LogP contribution in [0.1, 0.15) is 44.7 Å². The van der Waals surface area contributed by atoms with Crippen LogP contribution >= 0.6 is 0 Å². The van der Waals surface area contributed by atoms with Gasteiger partial charge >= 0.3 is 0 Å². The number of rotatable bonds is 7. The minimum Gasteiger partial charge on any atom is -0.495 e. The van der Waals surface area contributed by atoms with Crippen LogP contribution in [0.2, 0.25) is 0 Å². The number of hydrogen-bond donors (Lipinski definition) is 4. The number of H-pyrrole nitrogens is 1. The second-order valence-electron chi connectivity index (χ2n) is 7.88. The van der Waals surface area contributed by atoms with E-state index in [1.165, 1.54) is 12.8 Å². The third-order valence-corrected chi connectivity index (χ3v) is 5.74. The standard InChI is InChI=1S/C23H31N5O/c1-3-6-19-22(29-2)9-10-23(27-19)28-21-14-15(13-20-16(21)11-12-25-20)26-18-8-5-4-7-17(18)24/h9-14,17-18,25-26H,3-8,24H2,1-2H3,(H,27,28)/t17-,18+/m0/s1. The Labute approximate surface area is 172 Å². The van der Waals surface area contributed by atoms with Crippen LogP contribution in [0.4, 0.5) is 17.2 Å². The van der Waals surface area contributed by atoms with Crippen molar-refractivity contribution in [3.05, 3.63) is 42.2 Å². The van der Waals surface area contributed by atoms with Crippen molar-refractivity contribution in [3.63, 3.8) is 0 Å². The zero-order chi connectivity index (χ0) is 20.2. The molecule has 0 saturated heterocycles. The lowest BCUT2D eigenvalue weighted by atomic mass is 9.91. The van der Waals surface area contributed by atoms with Gasteiger partial charge in [-0.25, -0.2) is 4.98 Å². The summed E-state index contributed by atoms with van der Waals surface area (Å²) in [4.78, 5) is 8.12. The molecular weight excluding hydrogens is 362 g/mol. The Bertz CT molecular complexity index is 967. The maximum Gasteiger partial charge on any atom is 0.140 e. The molecule has 1 aromatic carbocycles. The molecule has 154 valence electrons. The smallest absolute Gasteiger partial charge is 0.140 e. The quantitative estimate of drug-likeness (QED) is 0.456. The topological polar surface area (TPSA) is 88.0 Å². The molecule has 0 radical (unpaired) electrons. The van der Waals surface area contributed by atoms with Crippen molar-refractivity contribution >= 4 is 28.1 Å². The minimum absolute atomic E-state index is 0.208. The summed E-state index contributed by atoms with van der Waals surface area (Å²) in [5.41, 5.74) is 10.5. The van der Waals surface area contributed by atoms with Crippen molar-refractivity contribution in [1.82, 2.24) is 9.97 Å². The lowest BCUT2D eigenvalue weighted by Gasteiger charge is -2.30. The molecule has 2 atom stereocenters. The zero-order valence-corrected chi connectivity index (χ0v) is 17.3. The highest BCUT2D eigenvalue weighted by atomic mass is 16.5. The maximum atomic E-state index is 6.35. The fraction of sp³-hybridized carbons (Fsp3) is 0.435. The SMILES string of the molecule is CCCc1nc(Nc2cc(N[C@@H]3CCCC[C@@H]3N)cc3[nH]ccc23)ccc1OC. The molecule has 0 bridgehead atoms. The van der Waals surface area contributed by atoms with Gasteiger partial charge in [0.1, 0.15) is 11.6 Å². The van der Waals surface area contributed by atoms with Crippen LogP contribution < -0.4 is 21.1 Å². The summed E-state index contributed by atoms with van der Waals surface area (Å²) in [6, 6.07) is 10.9. The molecule has 1 saturated carbocycles. The molecule has 2 heterocycles. The largest absolute Gasteiger partial charge is 0.495 e. The molecule has 1 fully saturated rings. The van der Waals surface area contributed by atoms with Gasteiger partial charge in [0, 0.05) is 34.9 Å². The lowest BCUT2D eigenvalue weighted by molar-refractivity contribution is 0.404. The number of aromatic amines is 1. The molecule has 1 aliphatic carbocycles. The Balaban J connectivity index is 1.63. The summed E-state index contributed by atoms with van der Waals surface area (Å²) >= 11 is 0. The Kier molecular flexibility index (Phi) is 5.90. The number of ether oxygens (including phenoxy) is 1. The van der Waals surface area contributed by atoms with Gasteiger partial charge in [-0.3, -0.25) is 0 Å². The molecule has 0 spiro atoms. The molecule has 6 nitrogen and oxygen atoms in total. The molecule has 0 unspecified atom stereocenters. The highest BCUT2D eigenvalue weighted by Crippen LogP contribution is 2.32. The first-order valence-electron chi connectivity index (χ1n) is 10.6. The van der Waals surface area contributed by atoms with Crippen LogP contribution in [-0.4, -0.2) is 29.2 Å². The van der Waals surface area contributed by atoms with E-state index in [1.54, 1.807) is 7.11 Å². The number of nitrogens with two attached hydrogens (primary N) is 1. The predicted octanol–water partition coefficient (Wildman–Crippen LogP) is 4.95. The molecule has 0 aliphatic heterocycles. The summed E-state index contributed by atoms with van der Waals surface area (Å²) in [5, 5.41) is 8.31. The van der Waals surface area contributed by atoms with E-state index in [0.29, 0.717) is 6.04 Å². The van der Waals surface area contributed by atoms with E-state index in [0.717, 1.165) is 65.2 Å². The second kappa shape index (κ2) is 8.74. The molecule has 0 amide bonds. The van der Waals surface area contributed by atoms with Crippen molar-refractivity contribution in [2.45, 2.75) is 57.5 Å². The summed E-state index contributed by atoms with van der Waals surface area (Å²) in [7, 11) is 1.69. The van der Waals surface area contributed by atoms with Gasteiger partial charge < -0.3 is 26.1 Å². The van der Waals surface area contributed by atoms with Crippen molar-refractivity contribution < 1.29 is 4.74 Å². The van der Waals surface area contributed by atoms with Gasteiger partial charge in [-0.1, -0.05) is 26.2 Å². The Hall–Kier alpha value is -2.73. The average Bonchev–Trinajstić information content (AvgIpc) is 3.19. The number of pyridine rings is 1. The van der Waals surface area contributed by atoms with Crippen molar-refractivity contribution in [2.24, 2.45) is 5.73 Å². The number of aryl methyl sites for hydroxylation is 1. The summed E-state index contributed by atoms with van der Waals surface area (Å²) in [5.74, 6) is 1.66. The van der Waals surface area contributed by atoms with E-state index in [2.05, 4.69) is 40.7 Å². The van der Waals surface area contributed by atoms with Crippen LogP contribution in [0, 0.1) is 0 Å². The van der Waals surface area contributed by atoms with Crippen LogP contribution in [0.5, 0.6) is 5.75 Å². The van der Waals surface area contributed by atoms with Gasteiger partial charge in [-0.15, -0.1) is 0 Å². The highest BCUT2D eigenvalue weighted by molar-refractivity contribution is 5.96. The van der Waals surface area contributed by atoms with E-state index in [1.807, 2.05) is 18.3 Å². The molecule has 2 aromatic heterocycles. The molecule has 5 N–H and O–H groups in total. The summed E-state index contributed by atoms with van der Waals surface area (Å²) in [6.07, 6.45) is 8.55. The Morgan fingerprint density at radius 2 is 2.07 bits per heavy atom. The van der Waals surface area contributed by atoms with Crippen molar-refractivity contribution in [3.8, 4) is 5.75 Å². The first-order valence-corrected chi connectivity index (χ1v) is 10.6. The summed E-state index contributed by atoms with van der Waals surface area (Å²) in [6.45, 7) is 2.15. The number of hydrogen-bond acceptors (Lipinski definition) is 5. The Morgan fingerprint density at radius 1 is 1.21 bits per heavy atom. The number of anilines is 3. The molecular formula is C23H31N5O. The first-order chi connectivity index (χ1) is 14.2. The normalized spacial score (nSPS) is 19.3. The number of aromatic nitrogens is 2. The van der Waals surface area contributed by atoms with Crippen molar-refractivity contribution in [2.75, 3.05) is 17.7 Å². The number of methoxy groups -OCH3 is 1. The van der Waals surface area contributed by atoms with Crippen LogP contribution in [0.15, 0.2) is 36.5 Å². The first kappa shape index (κ1) is 19.6. The number of benzene rings is 1. The number of nitrogens with one attached hydrogen (secondary N) is 3. The van der Waals surface area contributed by atoms with Gasteiger partial charge in [-0.2, -0.15) is 0 Å². The van der Waals surface area contributed by atoms with Gasteiger partial charge in [-0.05, 0) is 49.6 Å². The highest BCUT2D eigenvalue weighted by Gasteiger charge is 2.22. The zero-order valence-electron chi connectivity index (χ0n) is 17.3. The molecule has 3 aromatic rings. The molecule has 1 aliphatic rings. The summed E-state index contributed by atoms with van der Waals surface area (Å²) < 4.78 is 5.46. The predicted molar refractivity (Wildman–Crippen MR) is 120 cm³/mol. The number of nitrogens with zero attached hydrogens (tertiary/aromatic N) is 1. The fourth-order valence-electron chi connectivity index (χ4n) is 4.20. The van der Waals surface area contributed by atoms with Gasteiger partial charge in [0.15, 0.2) is 0 Å². The second-order valence-corrected chi connectivity index (χ2v) is 7.88. The van der Waals surface area contributed by atoms with E-state index in [9.17, 15) is 0 Å². The lowest BCUT2D eigenvalue weighted by Crippen LogP contribution is -2.42. The van der Waals surface area contributed by atoms with Gasteiger partial charge in [0.25, 0.3) is 0 Å². The van der Waals surface area contributed by atoms with Gasteiger partial charge in [0.2, 0.25) is 0 Å². The third-order valence-electron chi connectivity index (χ3n) is 5.74. The fourth-order valence-corrected chi connectivity index (χ4v) is 4.20. The third kappa shape index (κ3) is 4.32. The van der Waals surface area contributed by atoms with E-state index >= 15 is 0 Å². The van der Waals surface area contributed by atoms with E-state index < -0.39 is 0 Å². The molecule has 6 heteroatoms. The molecule has 29 heavy (non-hydrogen) atoms. The number of fused-ring (bicyclic) bond motifs is 1. The Morgan fingerprint density at radius 3 is 2.86 bits per heavy atom. The molecule has 4 rings (SSSR count). The average molecular weight is 394 g/mol. The monoisotopic (exact) mass is 393 g/mol. The van der Waals surface area contributed by atoms with Crippen LogP contribution in [0.3, 0.4) is 0 Å². The van der Waals surface area contributed by atoms with Crippen LogP contribution in [-0.2, 0) is 6.42 Å². The van der Waals surface area contributed by atoms with Crippen LogP contribution in [0.25, 0.3) is 10.9 Å². The van der Waals surface area contributed by atoms with Gasteiger partial charge in [0.05, 0.1) is 18.5 Å². The van der Waals surface area contributed by atoms with Crippen molar-refractivity contribution in [1.29, 1.82) is 0 Å².